The first-order chi connectivity index (χ1) is 15.8. The van der Waals surface area contributed by atoms with Crippen molar-refractivity contribution in [3.63, 3.8) is 0 Å². The topological polar surface area (TPSA) is 0 Å². The van der Waals surface area contributed by atoms with E-state index in [4.69, 9.17) is 17.2 Å². The van der Waals surface area contributed by atoms with Gasteiger partial charge in [0.15, 0.2) is 0 Å². The molecule has 0 aromatic heterocycles. The van der Waals surface area contributed by atoms with Crippen molar-refractivity contribution in [2.45, 2.75) is 80.3 Å². The summed E-state index contributed by atoms with van der Waals surface area (Å²) in [6, 6.07) is 18.2. The van der Waals surface area contributed by atoms with Gasteiger partial charge in [-0.15, -0.1) is 68.1 Å². The molecule has 0 fully saturated rings. The molecule has 4 aromatic rings. The Kier molecular flexibility index (Phi) is 11.3. The minimum absolute atomic E-state index is 0.208. The average Bonchev–Trinajstić information content (AvgIpc) is 3.32. The maximum atomic E-state index is 5.64. The standard InChI is InChI=1S/2C14H17.C2H6Si.2ClH.Hf/c2*1-9(2)12-6-5-11(4)13-7-10(3)8-14(12)13;1-3-2;;;/h2*5-9H,1-4H3;1-2H3;2*1H;/q2*-1;;;;+2/p-2. The van der Waals surface area contributed by atoms with Crippen LogP contribution in [0.3, 0.4) is 0 Å². The van der Waals surface area contributed by atoms with E-state index in [1.807, 2.05) is 0 Å². The number of halogens is 2. The third-order valence-corrected chi connectivity index (χ3v) is 33.7. The molecule has 4 aromatic carbocycles. The second-order valence-corrected chi connectivity index (χ2v) is 41.9. The molecule has 0 saturated heterocycles. The van der Waals surface area contributed by atoms with Crippen LogP contribution in [0.2, 0.25) is 13.1 Å². The normalized spacial score (nSPS) is 10.9. The van der Waals surface area contributed by atoms with E-state index in [0.29, 0.717) is 11.8 Å². The van der Waals surface area contributed by atoms with Crippen LogP contribution in [0.15, 0.2) is 48.5 Å². The molecule has 0 aliphatic rings. The first-order valence-corrected chi connectivity index (χ1v) is 28.9. The molecule has 0 atom stereocenters. The van der Waals surface area contributed by atoms with Gasteiger partial charge >= 0.3 is 53.4 Å². The molecule has 0 heterocycles. The molecule has 0 bridgehead atoms. The largest absolute Gasteiger partial charge is 0.165 e. The molecule has 0 N–H and O–H groups in total. The van der Waals surface area contributed by atoms with Gasteiger partial charge in [-0.2, -0.15) is 12.1 Å². The maximum absolute atomic E-state index is 5.64. The Labute approximate surface area is 222 Å². The van der Waals surface area contributed by atoms with Crippen molar-refractivity contribution in [3.05, 3.63) is 81.9 Å². The SMILES string of the molecule is C[Si](C)=[Hf]([Cl])[Cl].Cc1cc2c(C(C)C)ccc(C)c2[cH-]1.Cc1cc2c(C(C)C)ccc(C)c2[cH-]1. The van der Waals surface area contributed by atoms with Gasteiger partial charge in [0, 0.05) is 0 Å². The van der Waals surface area contributed by atoms with Crippen LogP contribution in [0.4, 0.5) is 0 Å². The summed E-state index contributed by atoms with van der Waals surface area (Å²) >= 11 is -1.78. The molecule has 0 aliphatic carbocycles. The zero-order valence-corrected chi connectivity index (χ0v) is 28.6. The van der Waals surface area contributed by atoms with Gasteiger partial charge in [0.05, 0.1) is 0 Å². The molecule has 4 rings (SSSR count). The molecule has 34 heavy (non-hydrogen) atoms. The van der Waals surface area contributed by atoms with Crippen LogP contribution < -0.4 is 0 Å². The van der Waals surface area contributed by atoms with E-state index in [0.717, 1.165) is 0 Å². The summed E-state index contributed by atoms with van der Waals surface area (Å²) in [5, 5.41) is 5.73. The van der Waals surface area contributed by atoms with Gasteiger partial charge in [0.25, 0.3) is 0 Å². The summed E-state index contributed by atoms with van der Waals surface area (Å²) in [5.41, 5.74) is 8.25. The Morgan fingerprint density at radius 3 is 1.26 bits per heavy atom. The third-order valence-electron chi connectivity index (χ3n) is 6.19. The van der Waals surface area contributed by atoms with Crippen molar-refractivity contribution in [3.8, 4) is 0 Å². The molecule has 184 valence electrons. The second kappa shape index (κ2) is 13.0. The van der Waals surface area contributed by atoms with E-state index in [2.05, 4.69) is 117 Å². The van der Waals surface area contributed by atoms with E-state index in [1.165, 1.54) is 54.9 Å². The fourth-order valence-electron chi connectivity index (χ4n) is 4.23. The van der Waals surface area contributed by atoms with Crippen LogP contribution in [0.25, 0.3) is 21.5 Å². The van der Waals surface area contributed by atoms with Crippen molar-refractivity contribution >= 4 is 44.2 Å². The number of aryl methyl sites for hydroxylation is 4. The van der Waals surface area contributed by atoms with Gasteiger partial charge in [0.1, 0.15) is 0 Å². The molecule has 0 spiro atoms. The predicted octanol–water partition coefficient (Wildman–Crippen LogP) is 10.8. The summed E-state index contributed by atoms with van der Waals surface area (Å²) in [6.45, 7) is 22.1. The Balaban J connectivity index is 0.000000196. The number of hydrogen-bond acceptors (Lipinski definition) is 0. The zero-order valence-electron chi connectivity index (χ0n) is 22.5. The second-order valence-electron chi connectivity index (χ2n) is 10.2. The molecular weight excluding hydrogens is 638 g/mol. The molecule has 0 nitrogen and oxygen atoms in total. The Hall–Kier alpha value is -0.673. The Morgan fingerprint density at radius 1 is 0.676 bits per heavy atom. The van der Waals surface area contributed by atoms with Crippen LogP contribution in [0.1, 0.15) is 72.9 Å². The van der Waals surface area contributed by atoms with E-state index >= 15 is 0 Å². The molecular formula is C30H40Cl2HfSi-2. The summed E-state index contributed by atoms with van der Waals surface area (Å²) in [7, 11) is 11.3. The van der Waals surface area contributed by atoms with E-state index in [-0.39, 0.29) is 5.49 Å². The van der Waals surface area contributed by atoms with Crippen LogP contribution in [-0.2, 0) is 17.7 Å². The van der Waals surface area contributed by atoms with Crippen molar-refractivity contribution in [2.24, 2.45) is 0 Å². The van der Waals surface area contributed by atoms with Gasteiger partial charge in [-0.05, 0) is 11.8 Å². The molecule has 0 amide bonds. The van der Waals surface area contributed by atoms with Crippen molar-refractivity contribution in [1.82, 2.24) is 0 Å². The van der Waals surface area contributed by atoms with Gasteiger partial charge in [-0.25, -0.2) is 0 Å². The van der Waals surface area contributed by atoms with Gasteiger partial charge in [0.2, 0.25) is 0 Å². The third kappa shape index (κ3) is 7.66. The Bertz CT molecular complexity index is 1180. The van der Waals surface area contributed by atoms with Crippen molar-refractivity contribution < 1.29 is 17.7 Å². The molecule has 0 aliphatic heterocycles. The van der Waals surface area contributed by atoms with Crippen LogP contribution in [-0.4, -0.2) is 5.49 Å². The van der Waals surface area contributed by atoms with E-state index in [9.17, 15) is 0 Å². The Morgan fingerprint density at radius 2 is 1.00 bits per heavy atom. The van der Waals surface area contributed by atoms with E-state index < -0.39 is 17.7 Å². The van der Waals surface area contributed by atoms with Crippen LogP contribution in [0.5, 0.6) is 0 Å². The molecule has 0 unspecified atom stereocenters. The minimum Gasteiger partial charge on any atom is -0.165 e. The molecule has 0 radical (unpaired) electrons. The minimum atomic E-state index is -1.78. The maximum Gasteiger partial charge on any atom is -0.0308 e. The number of rotatable bonds is 2. The van der Waals surface area contributed by atoms with Crippen molar-refractivity contribution in [1.29, 1.82) is 0 Å². The number of hydrogen-bond donors (Lipinski definition) is 0. The van der Waals surface area contributed by atoms with Gasteiger partial charge in [-0.3, -0.25) is 0 Å². The number of benzene rings is 2. The quantitative estimate of drug-likeness (QED) is 0.146. The van der Waals surface area contributed by atoms with Gasteiger partial charge < -0.3 is 0 Å². The first-order valence-electron chi connectivity index (χ1n) is 12.1. The van der Waals surface area contributed by atoms with Gasteiger partial charge in [-0.1, -0.05) is 78.6 Å². The van der Waals surface area contributed by atoms with E-state index in [1.54, 1.807) is 0 Å². The number of fused-ring (bicyclic) bond motifs is 2. The predicted molar refractivity (Wildman–Crippen MR) is 155 cm³/mol. The smallest absolute Gasteiger partial charge is 0.0308 e. The molecule has 0 saturated carbocycles. The fourth-order valence-corrected chi connectivity index (χ4v) is 4.23. The van der Waals surface area contributed by atoms with Crippen molar-refractivity contribution in [2.75, 3.05) is 0 Å². The summed E-state index contributed by atoms with van der Waals surface area (Å²) in [6.07, 6.45) is 0. The fraction of sp³-hybridized carbons (Fsp3) is 0.400. The summed E-state index contributed by atoms with van der Waals surface area (Å²) in [5.74, 6) is 1.22. The summed E-state index contributed by atoms with van der Waals surface area (Å²) < 4.78 is 0. The summed E-state index contributed by atoms with van der Waals surface area (Å²) in [4.78, 5) is 0. The zero-order chi connectivity index (χ0) is 25.7. The van der Waals surface area contributed by atoms with Crippen LogP contribution >= 0.6 is 17.2 Å². The monoisotopic (exact) mass is 678 g/mol. The average molecular weight is 678 g/mol. The molecule has 4 heteroatoms. The van der Waals surface area contributed by atoms with Crippen LogP contribution in [0, 0.1) is 27.7 Å². The first kappa shape index (κ1) is 29.6.